The standard InChI is InChI=1S/C46H76N10O12/c1-26(2)37-42(64)53-34(24-30-17-19-31(58)20-18-30)41(63)56-38(28(4)57)43(65)52-33(21-22-35(47)60)40(62)51-27(3)45(67)68-29(5)39(44(66)55-37)54-36(61)25-32(59)16-14-12-10-8-6-7-9-11-13-15-23-50-46(48)49/h17-20,26-29,32-34,37-39,57-59H,6-16,21-25H2,1-5H3,(H2,47,60)(H,51,62)(H,52,65)(H,53,64)(H,54,61)(H,55,66)(H,56,63)(H4,48,49,50)/t27-,28-,29-,32-,33-,34+,37-,38-,39+/m1/s1. The van der Waals surface area contributed by atoms with E-state index in [0.717, 1.165) is 57.8 Å². The van der Waals surface area contributed by atoms with Gasteiger partial charge >= 0.3 is 5.97 Å². The fourth-order valence-electron chi connectivity index (χ4n) is 7.38. The Morgan fingerprint density at radius 1 is 0.706 bits per heavy atom. The lowest BCUT2D eigenvalue weighted by molar-refractivity contribution is -0.155. The van der Waals surface area contributed by atoms with E-state index in [4.69, 9.17) is 21.9 Å². The third kappa shape index (κ3) is 22.2. The second-order valence-corrected chi connectivity index (χ2v) is 17.9. The van der Waals surface area contributed by atoms with Crippen LogP contribution >= 0.6 is 0 Å². The number of rotatable bonds is 23. The zero-order chi connectivity index (χ0) is 50.9. The number of nitrogens with zero attached hydrogens (tertiary/aromatic N) is 1. The third-order valence-corrected chi connectivity index (χ3v) is 11.4. The number of guanidine groups is 1. The monoisotopic (exact) mass is 961 g/mol. The Hall–Kier alpha value is -6.03. The number of primary amides is 1. The smallest absolute Gasteiger partial charge is 0.328 e. The number of nitrogens with one attached hydrogen (secondary N) is 6. The minimum absolute atomic E-state index is 0.0747. The maximum atomic E-state index is 14.1. The summed E-state index contributed by atoms with van der Waals surface area (Å²) in [5.74, 6) is -8.06. The van der Waals surface area contributed by atoms with E-state index in [1.807, 2.05) is 0 Å². The molecular formula is C46H76N10O12. The lowest BCUT2D eigenvalue weighted by Gasteiger charge is -2.30. The van der Waals surface area contributed by atoms with E-state index >= 15 is 0 Å². The fourth-order valence-corrected chi connectivity index (χ4v) is 7.38. The minimum atomic E-state index is -1.72. The van der Waals surface area contributed by atoms with Crippen molar-refractivity contribution >= 4 is 53.3 Å². The number of hydrogen-bond acceptors (Lipinski definition) is 13. The highest BCUT2D eigenvalue weighted by Crippen LogP contribution is 2.16. The van der Waals surface area contributed by atoms with E-state index in [-0.39, 0.29) is 24.6 Å². The van der Waals surface area contributed by atoms with E-state index in [1.165, 1.54) is 45.0 Å². The topological polar surface area (TPSA) is 369 Å². The molecule has 68 heavy (non-hydrogen) atoms. The molecule has 15 N–H and O–H groups in total. The highest BCUT2D eigenvalue weighted by molar-refractivity contribution is 5.97. The molecule has 0 bridgehead atoms. The van der Waals surface area contributed by atoms with Crippen molar-refractivity contribution in [3.63, 3.8) is 0 Å². The molecule has 9 atom stereocenters. The number of amides is 7. The summed E-state index contributed by atoms with van der Waals surface area (Å²) >= 11 is 0. The SMILES string of the molecule is CC(C)[C@H]1NC(=O)[C@@H](NC(=O)C[C@H](O)CCCCCCCCCCCCN=C(N)N)[C@@H](C)OC(=O)[C@@H](C)NC(=O)[C@@H](CCC(N)=O)NC(=O)[C@@H]([C@@H](C)O)NC(=O)[C@H](Cc2ccc(O)cc2)NC1=O. The molecule has 0 radical (unpaired) electrons. The number of carbonyl (C=O) groups is 8. The van der Waals surface area contributed by atoms with Crippen LogP contribution in [0.5, 0.6) is 5.75 Å². The van der Waals surface area contributed by atoms with Crippen molar-refractivity contribution in [2.75, 3.05) is 6.54 Å². The van der Waals surface area contributed by atoms with Gasteiger partial charge in [0.05, 0.1) is 18.6 Å². The van der Waals surface area contributed by atoms with E-state index < -0.39 is 121 Å². The van der Waals surface area contributed by atoms with E-state index in [2.05, 4.69) is 36.9 Å². The van der Waals surface area contributed by atoms with Crippen LogP contribution < -0.4 is 49.1 Å². The molecule has 1 saturated heterocycles. The Morgan fingerprint density at radius 3 is 1.79 bits per heavy atom. The zero-order valence-corrected chi connectivity index (χ0v) is 40.1. The Labute approximate surface area is 398 Å². The summed E-state index contributed by atoms with van der Waals surface area (Å²) in [4.78, 5) is 112. The number of carbonyl (C=O) groups excluding carboxylic acids is 8. The molecule has 1 aliphatic heterocycles. The van der Waals surface area contributed by atoms with Gasteiger partial charge in [-0.1, -0.05) is 83.8 Å². The van der Waals surface area contributed by atoms with Crippen LogP contribution in [-0.4, -0.2) is 130 Å². The van der Waals surface area contributed by atoms with Gasteiger partial charge in [-0.3, -0.25) is 38.6 Å². The fraction of sp³-hybridized carbons (Fsp3) is 0.674. The largest absolute Gasteiger partial charge is 0.508 e. The van der Waals surface area contributed by atoms with Crippen LogP contribution in [0.1, 0.15) is 130 Å². The number of hydrogen-bond donors (Lipinski definition) is 12. The van der Waals surface area contributed by atoms with Crippen LogP contribution in [-0.2, 0) is 49.5 Å². The van der Waals surface area contributed by atoms with E-state index in [0.29, 0.717) is 24.9 Å². The molecule has 1 aromatic carbocycles. The quantitative estimate of drug-likeness (QED) is 0.0283. The number of nitrogens with two attached hydrogens (primary N) is 3. The van der Waals surface area contributed by atoms with Crippen molar-refractivity contribution < 1.29 is 58.4 Å². The first-order valence-electron chi connectivity index (χ1n) is 23.6. The summed E-state index contributed by atoms with van der Waals surface area (Å²) in [6.45, 7) is 7.60. The van der Waals surface area contributed by atoms with Gasteiger partial charge < -0.3 is 69.2 Å². The average molecular weight is 961 g/mol. The van der Waals surface area contributed by atoms with Crippen LogP contribution in [0, 0.1) is 5.92 Å². The molecule has 0 saturated carbocycles. The number of aliphatic hydroxyl groups is 2. The summed E-state index contributed by atoms with van der Waals surface area (Å²) in [5, 5.41) is 46.2. The molecule has 0 aromatic heterocycles. The van der Waals surface area contributed by atoms with E-state index in [9.17, 15) is 53.7 Å². The van der Waals surface area contributed by atoms with Crippen molar-refractivity contribution in [2.45, 2.75) is 185 Å². The lowest BCUT2D eigenvalue weighted by Crippen LogP contribution is -2.62. The Kier molecular flexibility index (Phi) is 25.9. The maximum absolute atomic E-state index is 14.1. The number of ether oxygens (including phenoxy) is 1. The van der Waals surface area contributed by atoms with Crippen molar-refractivity contribution in [2.24, 2.45) is 28.1 Å². The number of phenols is 1. The number of benzene rings is 1. The van der Waals surface area contributed by atoms with Gasteiger partial charge in [-0.15, -0.1) is 0 Å². The molecule has 0 aliphatic carbocycles. The molecule has 382 valence electrons. The van der Waals surface area contributed by atoms with Gasteiger partial charge in [0.15, 0.2) is 5.96 Å². The Bertz CT molecular complexity index is 1840. The molecule has 22 nitrogen and oxygen atoms in total. The molecule has 1 aliphatic rings. The van der Waals surface area contributed by atoms with Crippen LogP contribution in [0.3, 0.4) is 0 Å². The normalized spacial score (nSPS) is 23.2. The van der Waals surface area contributed by atoms with Gasteiger partial charge in [0, 0.05) is 19.4 Å². The molecule has 22 heteroatoms. The summed E-state index contributed by atoms with van der Waals surface area (Å²) < 4.78 is 5.58. The molecule has 0 spiro atoms. The first-order valence-corrected chi connectivity index (χ1v) is 23.6. The van der Waals surface area contributed by atoms with Crippen molar-refractivity contribution in [1.29, 1.82) is 0 Å². The number of aliphatic hydroxyl groups excluding tert-OH is 2. The maximum Gasteiger partial charge on any atom is 0.328 e. The van der Waals surface area contributed by atoms with Crippen molar-refractivity contribution in [1.82, 2.24) is 31.9 Å². The van der Waals surface area contributed by atoms with Crippen molar-refractivity contribution in [3.8, 4) is 5.75 Å². The molecule has 1 aromatic rings. The van der Waals surface area contributed by atoms with Crippen LogP contribution in [0.25, 0.3) is 0 Å². The molecule has 7 amide bonds. The highest BCUT2D eigenvalue weighted by atomic mass is 16.5. The van der Waals surface area contributed by atoms with Gasteiger partial charge in [-0.05, 0) is 63.6 Å². The molecule has 1 heterocycles. The van der Waals surface area contributed by atoms with Gasteiger partial charge in [-0.25, -0.2) is 4.79 Å². The van der Waals surface area contributed by atoms with Gasteiger partial charge in [0.25, 0.3) is 0 Å². The highest BCUT2D eigenvalue weighted by Gasteiger charge is 2.38. The van der Waals surface area contributed by atoms with Gasteiger partial charge in [0.1, 0.15) is 48.1 Å². The number of aromatic hydroxyl groups is 1. The second kappa shape index (κ2) is 30.4. The zero-order valence-electron chi connectivity index (χ0n) is 40.1. The summed E-state index contributed by atoms with van der Waals surface area (Å²) in [7, 11) is 0. The number of esters is 1. The summed E-state index contributed by atoms with van der Waals surface area (Å²) in [6.07, 6.45) is 4.87. The molecule has 2 rings (SSSR count). The summed E-state index contributed by atoms with van der Waals surface area (Å²) in [5.41, 5.74) is 16.5. The van der Waals surface area contributed by atoms with Gasteiger partial charge in [-0.2, -0.15) is 0 Å². The average Bonchev–Trinajstić information content (AvgIpc) is 3.26. The number of phenolic OH excluding ortho intramolecular Hbond substituents is 1. The van der Waals surface area contributed by atoms with Crippen molar-refractivity contribution in [3.05, 3.63) is 29.8 Å². The molecule has 1 fully saturated rings. The molecular weight excluding hydrogens is 885 g/mol. The molecule has 0 unspecified atom stereocenters. The van der Waals surface area contributed by atoms with Crippen LogP contribution in [0.2, 0.25) is 0 Å². The first kappa shape index (κ1) is 58.1. The van der Waals surface area contributed by atoms with Gasteiger partial charge in [0.2, 0.25) is 41.4 Å². The van der Waals surface area contributed by atoms with Crippen LogP contribution in [0.15, 0.2) is 29.3 Å². The first-order chi connectivity index (χ1) is 32.1. The van der Waals surface area contributed by atoms with E-state index in [1.54, 1.807) is 13.8 Å². The number of aliphatic imine (C=N–C) groups is 1. The predicted molar refractivity (Wildman–Crippen MR) is 252 cm³/mol. The lowest BCUT2D eigenvalue weighted by atomic mass is 9.99. The Balaban J connectivity index is 2.33. The number of cyclic esters (lactones) is 1. The number of unbranched alkanes of at least 4 members (excludes halogenated alkanes) is 9. The second-order valence-electron chi connectivity index (χ2n) is 17.9. The predicted octanol–water partition coefficient (Wildman–Crippen LogP) is -0.574. The Morgan fingerprint density at radius 2 is 1.24 bits per heavy atom. The third-order valence-electron chi connectivity index (χ3n) is 11.4. The minimum Gasteiger partial charge on any atom is -0.508 e. The summed E-state index contributed by atoms with van der Waals surface area (Å²) in [6, 6.07) is -3.45. The van der Waals surface area contributed by atoms with Crippen LogP contribution in [0.4, 0.5) is 0 Å².